The van der Waals surface area contributed by atoms with Gasteiger partial charge in [-0.15, -0.1) is 0 Å². The minimum absolute atomic E-state index is 0.121. The van der Waals surface area contributed by atoms with E-state index in [0.29, 0.717) is 30.1 Å². The average molecular weight is 514 g/mol. The normalized spacial score (nSPS) is 14.7. The zero-order valence-corrected chi connectivity index (χ0v) is 21.9. The van der Waals surface area contributed by atoms with Gasteiger partial charge in [-0.1, -0.05) is 50.1 Å². The van der Waals surface area contributed by atoms with Crippen LogP contribution >= 0.6 is 0 Å². The Balaban J connectivity index is 1.56. The van der Waals surface area contributed by atoms with Crippen molar-refractivity contribution in [1.82, 2.24) is 15.1 Å². The number of amides is 1. The van der Waals surface area contributed by atoms with Crippen LogP contribution in [-0.2, 0) is 6.54 Å². The van der Waals surface area contributed by atoms with Crippen LogP contribution < -0.4 is 4.74 Å². The Kier molecular flexibility index (Phi) is 7.18. The number of hydrogen-bond donors (Lipinski definition) is 2. The van der Waals surface area contributed by atoms with Gasteiger partial charge in [-0.2, -0.15) is 5.10 Å². The number of ether oxygens (including phenoxy) is 1. The van der Waals surface area contributed by atoms with Crippen LogP contribution in [-0.4, -0.2) is 32.7 Å². The van der Waals surface area contributed by atoms with E-state index >= 15 is 0 Å². The molecular formula is C31H32FN3O3. The Hall–Kier alpha value is -4.13. The minimum Gasteiger partial charge on any atom is -0.507 e. The van der Waals surface area contributed by atoms with Gasteiger partial charge in [-0.3, -0.25) is 9.89 Å². The van der Waals surface area contributed by atoms with Gasteiger partial charge in [0.2, 0.25) is 0 Å². The number of rotatable bonds is 9. The van der Waals surface area contributed by atoms with E-state index in [4.69, 9.17) is 4.74 Å². The zero-order chi connectivity index (χ0) is 26.8. The van der Waals surface area contributed by atoms with Crippen LogP contribution in [0.2, 0.25) is 0 Å². The molecule has 7 heteroatoms. The average Bonchev–Trinajstić information content (AvgIpc) is 3.42. The highest BCUT2D eigenvalue weighted by Gasteiger charge is 2.42. The summed E-state index contributed by atoms with van der Waals surface area (Å²) in [4.78, 5) is 15.4. The topological polar surface area (TPSA) is 78.5 Å². The van der Waals surface area contributed by atoms with E-state index in [2.05, 4.69) is 17.1 Å². The molecule has 5 rings (SSSR count). The third kappa shape index (κ3) is 4.88. The standard InChI is InChI=1S/C31H32FN3O3/c1-4-5-6-15-38-24-13-9-22(10-14-24)30-27-28(26-20(3)16-19(2)17-25(26)36)33-34-29(27)31(37)35(30)18-21-7-11-23(32)12-8-21/h7-14,16-17,30,36H,4-6,15,18H2,1-3H3,(H,33,34). The van der Waals surface area contributed by atoms with Gasteiger partial charge in [0.1, 0.15) is 28.7 Å². The monoisotopic (exact) mass is 513 g/mol. The molecule has 1 atom stereocenters. The van der Waals surface area contributed by atoms with Crippen LogP contribution in [0, 0.1) is 19.7 Å². The predicted octanol–water partition coefficient (Wildman–Crippen LogP) is 6.85. The quantitative estimate of drug-likeness (QED) is 0.240. The highest BCUT2D eigenvalue weighted by Crippen LogP contribution is 2.46. The molecule has 1 aliphatic rings. The minimum atomic E-state index is -0.453. The number of carbonyl (C=O) groups excluding carboxylic acids is 1. The number of phenols is 1. The second-order valence-corrected chi connectivity index (χ2v) is 9.92. The summed E-state index contributed by atoms with van der Waals surface area (Å²) in [5, 5.41) is 18.3. The molecule has 0 saturated carbocycles. The molecular weight excluding hydrogens is 481 g/mol. The third-order valence-electron chi connectivity index (χ3n) is 7.04. The van der Waals surface area contributed by atoms with Crippen LogP contribution in [0.1, 0.15) is 70.5 Å². The molecule has 2 heterocycles. The number of nitrogens with zero attached hydrogens (tertiary/aromatic N) is 2. The van der Waals surface area contributed by atoms with Crippen LogP contribution in [0.5, 0.6) is 11.5 Å². The summed E-state index contributed by atoms with van der Waals surface area (Å²) in [6.07, 6.45) is 3.26. The van der Waals surface area contributed by atoms with Crippen molar-refractivity contribution in [2.45, 2.75) is 52.6 Å². The van der Waals surface area contributed by atoms with E-state index in [-0.39, 0.29) is 17.5 Å². The van der Waals surface area contributed by atoms with Crippen molar-refractivity contribution in [2.24, 2.45) is 0 Å². The Bertz CT molecular complexity index is 1420. The van der Waals surface area contributed by atoms with Crippen molar-refractivity contribution in [2.75, 3.05) is 6.61 Å². The number of unbranched alkanes of at least 4 members (excludes halogenated alkanes) is 2. The molecule has 1 unspecified atom stereocenters. The Morgan fingerprint density at radius 3 is 2.47 bits per heavy atom. The van der Waals surface area contributed by atoms with Crippen LogP contribution in [0.15, 0.2) is 60.7 Å². The first kappa shape index (κ1) is 25.5. The van der Waals surface area contributed by atoms with Gasteiger partial charge in [0.05, 0.1) is 12.6 Å². The fourth-order valence-electron chi connectivity index (χ4n) is 5.23. The first-order valence-electron chi connectivity index (χ1n) is 13.0. The molecule has 196 valence electrons. The van der Waals surface area contributed by atoms with Gasteiger partial charge in [-0.25, -0.2) is 4.39 Å². The number of fused-ring (bicyclic) bond motifs is 1. The molecule has 2 N–H and O–H groups in total. The zero-order valence-electron chi connectivity index (χ0n) is 21.9. The number of H-pyrrole nitrogens is 1. The van der Waals surface area contributed by atoms with Crippen molar-refractivity contribution in [1.29, 1.82) is 0 Å². The van der Waals surface area contributed by atoms with Crippen LogP contribution in [0.3, 0.4) is 0 Å². The summed E-state index contributed by atoms with van der Waals surface area (Å²) in [5.41, 5.74) is 5.79. The van der Waals surface area contributed by atoms with Crippen molar-refractivity contribution >= 4 is 5.91 Å². The highest BCUT2D eigenvalue weighted by atomic mass is 19.1. The first-order valence-corrected chi connectivity index (χ1v) is 13.0. The SMILES string of the molecule is CCCCCOc1ccc(C2c3c(-c4c(C)cc(C)cc4O)n[nH]c3C(=O)N2Cc2ccc(F)cc2)cc1. The second kappa shape index (κ2) is 10.7. The number of aromatic hydroxyl groups is 1. The Labute approximate surface area is 222 Å². The smallest absolute Gasteiger partial charge is 0.273 e. The molecule has 0 saturated heterocycles. The fourth-order valence-corrected chi connectivity index (χ4v) is 5.23. The Morgan fingerprint density at radius 2 is 1.79 bits per heavy atom. The number of benzene rings is 3. The Morgan fingerprint density at radius 1 is 1.05 bits per heavy atom. The number of aryl methyl sites for hydroxylation is 2. The van der Waals surface area contributed by atoms with Gasteiger partial charge in [0, 0.05) is 17.7 Å². The summed E-state index contributed by atoms with van der Waals surface area (Å²) in [7, 11) is 0. The van der Waals surface area contributed by atoms with E-state index in [1.54, 1.807) is 23.1 Å². The highest BCUT2D eigenvalue weighted by molar-refractivity contribution is 6.00. The lowest BCUT2D eigenvalue weighted by Gasteiger charge is -2.27. The summed E-state index contributed by atoms with van der Waals surface area (Å²) in [6, 6.07) is 17.2. The molecule has 6 nitrogen and oxygen atoms in total. The van der Waals surface area contributed by atoms with E-state index in [1.807, 2.05) is 44.2 Å². The molecule has 1 amide bonds. The molecule has 38 heavy (non-hydrogen) atoms. The van der Waals surface area contributed by atoms with Crippen molar-refractivity contribution in [3.63, 3.8) is 0 Å². The first-order chi connectivity index (χ1) is 18.4. The van der Waals surface area contributed by atoms with Gasteiger partial charge in [-0.05, 0) is 72.9 Å². The number of hydrogen-bond acceptors (Lipinski definition) is 4. The maximum absolute atomic E-state index is 13.7. The van der Waals surface area contributed by atoms with E-state index < -0.39 is 6.04 Å². The number of aromatic nitrogens is 2. The van der Waals surface area contributed by atoms with Crippen molar-refractivity contribution < 1.29 is 19.0 Å². The third-order valence-corrected chi connectivity index (χ3v) is 7.04. The van der Waals surface area contributed by atoms with Crippen LogP contribution in [0.25, 0.3) is 11.3 Å². The van der Waals surface area contributed by atoms with Gasteiger partial charge in [0.25, 0.3) is 5.91 Å². The van der Waals surface area contributed by atoms with Crippen molar-refractivity contribution in [3.05, 3.63) is 100.0 Å². The van der Waals surface area contributed by atoms with E-state index in [9.17, 15) is 14.3 Å². The molecule has 3 aromatic carbocycles. The second-order valence-electron chi connectivity index (χ2n) is 9.92. The molecule has 0 aliphatic carbocycles. The van der Waals surface area contributed by atoms with Gasteiger partial charge >= 0.3 is 0 Å². The number of aromatic amines is 1. The lowest BCUT2D eigenvalue weighted by atomic mass is 9.93. The molecule has 1 aliphatic heterocycles. The number of halogens is 1. The fraction of sp³-hybridized carbons (Fsp3) is 0.290. The molecule has 1 aromatic heterocycles. The maximum Gasteiger partial charge on any atom is 0.273 e. The lowest BCUT2D eigenvalue weighted by molar-refractivity contribution is 0.0730. The van der Waals surface area contributed by atoms with E-state index in [0.717, 1.165) is 52.8 Å². The summed E-state index contributed by atoms with van der Waals surface area (Å²) in [5.74, 6) is 0.376. The lowest BCUT2D eigenvalue weighted by Crippen LogP contribution is -2.29. The van der Waals surface area contributed by atoms with Crippen LogP contribution in [0.4, 0.5) is 4.39 Å². The number of nitrogens with one attached hydrogen (secondary N) is 1. The molecule has 4 aromatic rings. The number of phenolic OH excluding ortho intramolecular Hbond substituents is 1. The van der Waals surface area contributed by atoms with Gasteiger partial charge < -0.3 is 14.7 Å². The van der Waals surface area contributed by atoms with E-state index in [1.165, 1.54) is 12.1 Å². The molecule has 0 radical (unpaired) electrons. The predicted molar refractivity (Wildman–Crippen MR) is 145 cm³/mol. The van der Waals surface area contributed by atoms with Crippen molar-refractivity contribution in [3.8, 4) is 22.8 Å². The van der Waals surface area contributed by atoms with Gasteiger partial charge in [0.15, 0.2) is 0 Å². The summed E-state index contributed by atoms with van der Waals surface area (Å²) < 4.78 is 19.5. The summed E-state index contributed by atoms with van der Waals surface area (Å²) >= 11 is 0. The number of carbonyl (C=O) groups is 1. The maximum atomic E-state index is 13.7. The summed E-state index contributed by atoms with van der Waals surface area (Å²) in [6.45, 7) is 6.96. The molecule has 0 fully saturated rings. The molecule has 0 spiro atoms. The largest absolute Gasteiger partial charge is 0.507 e. The molecule has 0 bridgehead atoms.